The fourth-order valence-corrected chi connectivity index (χ4v) is 1.36. The second-order valence-corrected chi connectivity index (χ2v) is 4.15. The summed E-state index contributed by atoms with van der Waals surface area (Å²) in [7, 11) is 4.25. The molecule has 0 saturated carbocycles. The maximum absolute atomic E-state index is 3.55. The second kappa shape index (κ2) is 8.52. The first kappa shape index (κ1) is 12.9. The van der Waals surface area contributed by atoms with Crippen LogP contribution >= 0.6 is 0 Å². The van der Waals surface area contributed by atoms with E-state index < -0.39 is 0 Å². The molecule has 0 amide bonds. The summed E-state index contributed by atoms with van der Waals surface area (Å²) in [4.78, 5) is 2.23. The normalized spacial score (nSPS) is 13.6. The molecular weight excluding hydrogens is 160 g/mol. The predicted molar refractivity (Wildman–Crippen MR) is 60.2 cm³/mol. The van der Waals surface area contributed by atoms with Crippen molar-refractivity contribution in [3.8, 4) is 0 Å². The Morgan fingerprint density at radius 2 is 1.92 bits per heavy atom. The van der Waals surface area contributed by atoms with Gasteiger partial charge in [0.15, 0.2) is 0 Å². The molecule has 0 radical (unpaired) electrons. The van der Waals surface area contributed by atoms with E-state index in [1.54, 1.807) is 0 Å². The van der Waals surface area contributed by atoms with E-state index in [-0.39, 0.29) is 0 Å². The molecule has 80 valence electrons. The highest BCUT2D eigenvalue weighted by Crippen LogP contribution is 1.99. The van der Waals surface area contributed by atoms with E-state index in [9.17, 15) is 0 Å². The second-order valence-electron chi connectivity index (χ2n) is 4.15. The molecule has 13 heavy (non-hydrogen) atoms. The number of rotatable bonds is 8. The van der Waals surface area contributed by atoms with Gasteiger partial charge in [0.2, 0.25) is 0 Å². The van der Waals surface area contributed by atoms with Crippen LogP contribution in [0.25, 0.3) is 0 Å². The molecule has 0 aromatic rings. The Balaban J connectivity index is 3.12. The number of hydrogen-bond donors (Lipinski definition) is 1. The van der Waals surface area contributed by atoms with Crippen molar-refractivity contribution in [2.24, 2.45) is 0 Å². The van der Waals surface area contributed by atoms with Crippen LogP contribution in [0.15, 0.2) is 0 Å². The molecule has 0 saturated heterocycles. The Morgan fingerprint density at radius 1 is 1.23 bits per heavy atom. The van der Waals surface area contributed by atoms with Gasteiger partial charge in [-0.1, -0.05) is 19.8 Å². The summed E-state index contributed by atoms with van der Waals surface area (Å²) in [5.74, 6) is 0. The van der Waals surface area contributed by atoms with Crippen LogP contribution in [0.3, 0.4) is 0 Å². The molecule has 1 unspecified atom stereocenters. The first-order valence-corrected chi connectivity index (χ1v) is 5.55. The number of nitrogens with zero attached hydrogens (tertiary/aromatic N) is 1. The lowest BCUT2D eigenvalue weighted by Gasteiger charge is -2.14. The average molecular weight is 186 g/mol. The van der Waals surface area contributed by atoms with E-state index >= 15 is 0 Å². The highest BCUT2D eigenvalue weighted by Gasteiger charge is 1.99. The van der Waals surface area contributed by atoms with Gasteiger partial charge in [0.1, 0.15) is 0 Å². The van der Waals surface area contributed by atoms with Gasteiger partial charge in [-0.3, -0.25) is 0 Å². The van der Waals surface area contributed by atoms with Crippen LogP contribution in [0, 0.1) is 0 Å². The topological polar surface area (TPSA) is 15.3 Å². The van der Waals surface area contributed by atoms with Crippen LogP contribution in [-0.2, 0) is 0 Å². The summed E-state index contributed by atoms with van der Waals surface area (Å²) < 4.78 is 0. The summed E-state index contributed by atoms with van der Waals surface area (Å²) in [6.07, 6.45) is 5.23. The molecule has 0 spiro atoms. The highest BCUT2D eigenvalue weighted by atomic mass is 15.1. The molecule has 1 atom stereocenters. The van der Waals surface area contributed by atoms with E-state index in [1.807, 2.05) is 0 Å². The van der Waals surface area contributed by atoms with Gasteiger partial charge in [-0.2, -0.15) is 0 Å². The summed E-state index contributed by atoms with van der Waals surface area (Å²) in [6.45, 7) is 6.88. The summed E-state index contributed by atoms with van der Waals surface area (Å²) in [5, 5.41) is 3.55. The van der Waals surface area contributed by atoms with Gasteiger partial charge >= 0.3 is 0 Å². The van der Waals surface area contributed by atoms with Crippen LogP contribution < -0.4 is 5.32 Å². The van der Waals surface area contributed by atoms with Gasteiger partial charge < -0.3 is 10.2 Å². The maximum Gasteiger partial charge on any atom is 0.00387 e. The molecule has 0 aromatic heterocycles. The lowest BCUT2D eigenvalue weighted by molar-refractivity contribution is 0.384. The third-order valence-electron chi connectivity index (χ3n) is 2.27. The van der Waals surface area contributed by atoms with Crippen LogP contribution in [0.2, 0.25) is 0 Å². The minimum Gasteiger partial charge on any atom is -0.314 e. The molecule has 0 aliphatic heterocycles. The van der Waals surface area contributed by atoms with Gasteiger partial charge in [0.25, 0.3) is 0 Å². The van der Waals surface area contributed by atoms with Crippen LogP contribution in [0.1, 0.15) is 39.5 Å². The van der Waals surface area contributed by atoms with Crippen molar-refractivity contribution in [2.45, 2.75) is 45.6 Å². The highest BCUT2D eigenvalue weighted by molar-refractivity contribution is 4.60. The van der Waals surface area contributed by atoms with Crippen molar-refractivity contribution >= 4 is 0 Å². The van der Waals surface area contributed by atoms with Crippen LogP contribution in [0.4, 0.5) is 0 Å². The molecule has 0 heterocycles. The lowest BCUT2D eigenvalue weighted by atomic mass is 10.1. The maximum atomic E-state index is 3.55. The van der Waals surface area contributed by atoms with Gasteiger partial charge in [-0.15, -0.1) is 0 Å². The predicted octanol–water partition coefficient (Wildman–Crippen LogP) is 2.11. The minimum atomic E-state index is 0.696. The van der Waals surface area contributed by atoms with Crippen molar-refractivity contribution in [3.05, 3.63) is 0 Å². The zero-order valence-corrected chi connectivity index (χ0v) is 9.77. The average Bonchev–Trinajstić information content (AvgIpc) is 2.08. The number of nitrogens with one attached hydrogen (secondary N) is 1. The van der Waals surface area contributed by atoms with Crippen LogP contribution in [0.5, 0.6) is 0 Å². The molecule has 0 fully saturated rings. The monoisotopic (exact) mass is 186 g/mol. The molecule has 0 rings (SSSR count). The Morgan fingerprint density at radius 3 is 2.46 bits per heavy atom. The van der Waals surface area contributed by atoms with E-state index in [4.69, 9.17) is 0 Å². The fraction of sp³-hybridized carbons (Fsp3) is 1.00. The van der Waals surface area contributed by atoms with E-state index in [2.05, 4.69) is 38.2 Å². The van der Waals surface area contributed by atoms with Gasteiger partial charge in [0.05, 0.1) is 0 Å². The Hall–Kier alpha value is -0.0800. The molecule has 1 N–H and O–H groups in total. The third kappa shape index (κ3) is 9.84. The molecular formula is C11H26N2. The zero-order chi connectivity index (χ0) is 10.1. The molecule has 0 aliphatic carbocycles. The smallest absolute Gasteiger partial charge is 0.00387 e. The fourth-order valence-electron chi connectivity index (χ4n) is 1.36. The van der Waals surface area contributed by atoms with Gasteiger partial charge in [-0.25, -0.2) is 0 Å². The van der Waals surface area contributed by atoms with Crippen molar-refractivity contribution in [1.29, 1.82) is 0 Å². The van der Waals surface area contributed by atoms with E-state index in [0.29, 0.717) is 6.04 Å². The first-order chi connectivity index (χ1) is 6.16. The van der Waals surface area contributed by atoms with Gasteiger partial charge in [0, 0.05) is 6.04 Å². The Labute approximate surface area is 83.7 Å². The summed E-state index contributed by atoms with van der Waals surface area (Å²) >= 11 is 0. The zero-order valence-electron chi connectivity index (χ0n) is 9.77. The number of hydrogen-bond acceptors (Lipinski definition) is 2. The first-order valence-electron chi connectivity index (χ1n) is 5.55. The van der Waals surface area contributed by atoms with Crippen molar-refractivity contribution in [1.82, 2.24) is 10.2 Å². The quantitative estimate of drug-likeness (QED) is 0.584. The van der Waals surface area contributed by atoms with Crippen molar-refractivity contribution in [2.75, 3.05) is 27.2 Å². The Kier molecular flexibility index (Phi) is 8.46. The van der Waals surface area contributed by atoms with E-state index in [0.717, 1.165) is 6.54 Å². The largest absolute Gasteiger partial charge is 0.314 e. The lowest BCUT2D eigenvalue weighted by Crippen LogP contribution is -2.28. The van der Waals surface area contributed by atoms with Crippen LogP contribution in [-0.4, -0.2) is 38.1 Å². The minimum absolute atomic E-state index is 0.696. The SMILES string of the molecule is CCCCC(C)NCCCN(C)C. The summed E-state index contributed by atoms with van der Waals surface area (Å²) in [5.41, 5.74) is 0. The molecule has 2 nitrogen and oxygen atoms in total. The number of unbranched alkanes of at least 4 members (excludes halogenated alkanes) is 1. The third-order valence-corrected chi connectivity index (χ3v) is 2.27. The molecule has 0 bridgehead atoms. The van der Waals surface area contributed by atoms with E-state index in [1.165, 1.54) is 32.2 Å². The molecule has 0 aromatic carbocycles. The Bertz CT molecular complexity index is 102. The van der Waals surface area contributed by atoms with Gasteiger partial charge in [-0.05, 0) is 47.0 Å². The molecule has 0 aliphatic rings. The summed E-state index contributed by atoms with van der Waals surface area (Å²) in [6, 6.07) is 0.696. The molecule has 2 heteroatoms. The standard InChI is InChI=1S/C11H26N2/c1-5-6-8-11(2)12-9-7-10-13(3)4/h11-12H,5-10H2,1-4H3. The van der Waals surface area contributed by atoms with Crippen molar-refractivity contribution < 1.29 is 0 Å². The van der Waals surface area contributed by atoms with Crippen molar-refractivity contribution in [3.63, 3.8) is 0 Å².